The van der Waals surface area contributed by atoms with Gasteiger partial charge in [0.1, 0.15) is 54.6 Å². The van der Waals surface area contributed by atoms with Crippen molar-refractivity contribution in [1.29, 1.82) is 0 Å². The number of ether oxygens (including phenoxy) is 6. The lowest BCUT2D eigenvalue weighted by Gasteiger charge is -2.46. The fourth-order valence-electron chi connectivity index (χ4n) is 6.34. The first kappa shape index (κ1) is 40.5. The van der Waals surface area contributed by atoms with Gasteiger partial charge in [-0.25, -0.2) is 0 Å². The molecule has 286 valence electrons. The minimum Gasteiger partial charge on any atom is -0.467 e. The molecule has 0 aromatic heterocycles. The molecule has 20 heteroatoms. The van der Waals surface area contributed by atoms with Crippen LogP contribution in [0.1, 0.15) is 19.3 Å². The molecule has 2 saturated heterocycles. The molecule has 0 radical (unpaired) electrons. The standard InChI is InChI=1S/C29H57N7O13/c30-4-1-5-35-9-13-2-3-14(32)27(44-13)47-24-15(33)6-16(36-8-12(39)10-37)20(40)26(24)49-29-23(43)25(18(11-38)46-29)48-28-19(34)22(42)21(41)17(7-31)45-28/h2,12,14-29,35-43H,1,3-11,30-34H2/t12?,14-,15+,16-,17+,18-,19-,20+,21-,22-,23-,24-,25-,26-,27-,28-,29+/m1/s1. The molecule has 4 aliphatic rings. The fourth-order valence-corrected chi connectivity index (χ4v) is 6.34. The summed E-state index contributed by atoms with van der Waals surface area (Å²) in [7, 11) is 0. The predicted molar refractivity (Wildman–Crippen MR) is 170 cm³/mol. The van der Waals surface area contributed by atoms with Crippen molar-refractivity contribution in [2.75, 3.05) is 45.9 Å². The van der Waals surface area contributed by atoms with Crippen molar-refractivity contribution in [3.63, 3.8) is 0 Å². The molecule has 1 saturated carbocycles. The van der Waals surface area contributed by atoms with Crippen molar-refractivity contribution in [3.05, 3.63) is 11.8 Å². The average molecular weight is 712 g/mol. The van der Waals surface area contributed by atoms with E-state index in [0.717, 1.165) is 6.42 Å². The quantitative estimate of drug-likeness (QED) is 0.0623. The third kappa shape index (κ3) is 10.0. The van der Waals surface area contributed by atoms with Gasteiger partial charge in [-0.1, -0.05) is 0 Å². The highest BCUT2D eigenvalue weighted by Gasteiger charge is 2.54. The van der Waals surface area contributed by atoms with E-state index in [9.17, 15) is 35.7 Å². The second-order valence-corrected chi connectivity index (χ2v) is 13.0. The van der Waals surface area contributed by atoms with Gasteiger partial charge >= 0.3 is 0 Å². The van der Waals surface area contributed by atoms with E-state index in [0.29, 0.717) is 31.8 Å². The van der Waals surface area contributed by atoms with Crippen molar-refractivity contribution in [1.82, 2.24) is 10.6 Å². The zero-order valence-corrected chi connectivity index (χ0v) is 27.4. The Morgan fingerprint density at radius 3 is 2.20 bits per heavy atom. The largest absolute Gasteiger partial charge is 0.467 e. The van der Waals surface area contributed by atoms with Crippen LogP contribution in [0.5, 0.6) is 0 Å². The molecule has 0 aromatic carbocycles. The van der Waals surface area contributed by atoms with Gasteiger partial charge in [0.2, 0.25) is 6.29 Å². The molecule has 0 bridgehead atoms. The Bertz CT molecular complexity index is 1020. The maximum Gasteiger partial charge on any atom is 0.215 e. The van der Waals surface area contributed by atoms with E-state index in [1.807, 2.05) is 6.08 Å². The zero-order chi connectivity index (χ0) is 35.8. The summed E-state index contributed by atoms with van der Waals surface area (Å²) in [6.45, 7) is 0.258. The van der Waals surface area contributed by atoms with Crippen molar-refractivity contribution in [3.8, 4) is 0 Å². The summed E-state index contributed by atoms with van der Waals surface area (Å²) >= 11 is 0. The van der Waals surface area contributed by atoms with Gasteiger partial charge in [-0.3, -0.25) is 0 Å². The SMILES string of the molecule is NCCCNCC1=CC[C@@H](N)[C@@H](O[C@H]2[C@H](O[C@@H]3O[C@H](CO)[C@@H](O[C@H]4O[C@@H](CN)[C@@H](O)[C@H](O)[C@H]4N)[C@H]3O)[C@@H](O)[C@H](NCC(O)CO)C[C@@H]2N)O1. The molecule has 4 rings (SSSR count). The molecule has 1 unspecified atom stereocenters. The van der Waals surface area contributed by atoms with E-state index in [2.05, 4.69) is 10.6 Å². The first-order chi connectivity index (χ1) is 23.4. The number of hydrogen-bond acceptors (Lipinski definition) is 20. The van der Waals surface area contributed by atoms with Crippen molar-refractivity contribution in [2.45, 2.75) is 123 Å². The minimum absolute atomic E-state index is 0.0673. The van der Waals surface area contributed by atoms with Crippen molar-refractivity contribution >= 4 is 0 Å². The van der Waals surface area contributed by atoms with Crippen LogP contribution in [0.3, 0.4) is 0 Å². The number of nitrogens with two attached hydrogens (primary N) is 5. The number of hydrogen-bond donors (Lipinski definition) is 14. The molecule has 0 amide bonds. The molecule has 49 heavy (non-hydrogen) atoms. The second-order valence-electron chi connectivity index (χ2n) is 13.0. The van der Waals surface area contributed by atoms with Gasteiger partial charge in [-0.15, -0.1) is 0 Å². The molecule has 20 nitrogen and oxygen atoms in total. The fraction of sp³-hybridized carbons (Fsp3) is 0.931. The number of rotatable bonds is 17. The first-order valence-electron chi connectivity index (χ1n) is 16.8. The number of nitrogens with one attached hydrogen (secondary N) is 2. The molecule has 3 fully saturated rings. The zero-order valence-electron chi connectivity index (χ0n) is 27.4. The van der Waals surface area contributed by atoms with Crippen molar-refractivity contribution < 1.29 is 64.2 Å². The van der Waals surface area contributed by atoms with Crippen LogP contribution in [0.25, 0.3) is 0 Å². The van der Waals surface area contributed by atoms with Crippen LogP contribution in [-0.4, -0.2) is 186 Å². The van der Waals surface area contributed by atoms with E-state index in [1.54, 1.807) is 0 Å². The lowest BCUT2D eigenvalue weighted by molar-refractivity contribution is -0.282. The molecule has 0 spiro atoms. The van der Waals surface area contributed by atoms with Gasteiger partial charge in [0.15, 0.2) is 12.6 Å². The van der Waals surface area contributed by atoms with Crippen LogP contribution in [0, 0.1) is 0 Å². The van der Waals surface area contributed by atoms with E-state index < -0.39 is 117 Å². The smallest absolute Gasteiger partial charge is 0.215 e. The highest BCUT2D eigenvalue weighted by Crippen LogP contribution is 2.34. The summed E-state index contributed by atoms with van der Waals surface area (Å²) in [6, 6.07) is -3.38. The molecular formula is C29H57N7O13. The highest BCUT2D eigenvalue weighted by atomic mass is 16.8. The van der Waals surface area contributed by atoms with Crippen LogP contribution < -0.4 is 39.3 Å². The van der Waals surface area contributed by atoms with E-state index in [-0.39, 0.29) is 19.5 Å². The minimum atomic E-state index is -1.59. The molecule has 19 N–H and O–H groups in total. The lowest BCUT2D eigenvalue weighted by atomic mass is 9.83. The molecular weight excluding hydrogens is 654 g/mol. The van der Waals surface area contributed by atoms with Crippen LogP contribution in [0.2, 0.25) is 0 Å². The number of aliphatic hydroxyl groups is 7. The van der Waals surface area contributed by atoms with Gasteiger partial charge < -0.3 is 103 Å². The Balaban J connectivity index is 1.51. The van der Waals surface area contributed by atoms with Gasteiger partial charge in [0.25, 0.3) is 0 Å². The van der Waals surface area contributed by atoms with Crippen LogP contribution in [0.15, 0.2) is 11.8 Å². The van der Waals surface area contributed by atoms with Gasteiger partial charge in [-0.2, -0.15) is 0 Å². The molecule has 0 aromatic rings. The summed E-state index contributed by atoms with van der Waals surface area (Å²) in [5.74, 6) is 0.599. The highest BCUT2D eigenvalue weighted by molar-refractivity contribution is 5.05. The molecule has 3 aliphatic heterocycles. The number of aliphatic hydroxyl groups excluding tert-OH is 7. The lowest BCUT2D eigenvalue weighted by Crippen LogP contribution is -2.66. The third-order valence-electron chi connectivity index (χ3n) is 9.26. The predicted octanol–water partition coefficient (Wildman–Crippen LogP) is -7.75. The summed E-state index contributed by atoms with van der Waals surface area (Å²) < 4.78 is 35.9. The van der Waals surface area contributed by atoms with Crippen LogP contribution in [-0.2, 0) is 28.4 Å². The van der Waals surface area contributed by atoms with Gasteiger partial charge in [0.05, 0.1) is 44.1 Å². The average Bonchev–Trinajstić information content (AvgIpc) is 3.39. The normalized spacial score (nSPS) is 43.6. The maximum absolute atomic E-state index is 11.6. The Kier molecular flexibility index (Phi) is 15.7. The monoisotopic (exact) mass is 711 g/mol. The third-order valence-corrected chi connectivity index (χ3v) is 9.26. The summed E-state index contributed by atoms with van der Waals surface area (Å²) in [6.07, 6.45) is -13.3. The molecule has 1 aliphatic carbocycles. The summed E-state index contributed by atoms with van der Waals surface area (Å²) in [4.78, 5) is 0. The van der Waals surface area contributed by atoms with Gasteiger partial charge in [-0.05, 0) is 38.4 Å². The first-order valence-corrected chi connectivity index (χ1v) is 16.8. The van der Waals surface area contributed by atoms with Gasteiger partial charge in [0, 0.05) is 25.2 Å². The van der Waals surface area contributed by atoms with Crippen LogP contribution in [0.4, 0.5) is 0 Å². The topological polar surface area (TPSA) is 351 Å². The van der Waals surface area contributed by atoms with E-state index >= 15 is 0 Å². The van der Waals surface area contributed by atoms with Crippen LogP contribution >= 0.6 is 0 Å². The summed E-state index contributed by atoms with van der Waals surface area (Å²) in [5, 5.41) is 79.1. The summed E-state index contributed by atoms with van der Waals surface area (Å²) in [5.41, 5.74) is 30.2. The Labute approximate surface area is 284 Å². The Morgan fingerprint density at radius 2 is 1.53 bits per heavy atom. The van der Waals surface area contributed by atoms with E-state index in [1.165, 1.54) is 0 Å². The van der Waals surface area contributed by atoms with Crippen molar-refractivity contribution in [2.24, 2.45) is 28.7 Å². The maximum atomic E-state index is 11.6. The Morgan fingerprint density at radius 1 is 0.837 bits per heavy atom. The second kappa shape index (κ2) is 19.0. The molecule has 17 atom stereocenters. The van der Waals surface area contributed by atoms with E-state index in [4.69, 9.17) is 57.1 Å². The Hall–Kier alpha value is -1.22. The molecule has 3 heterocycles.